The molecule has 1 N–H and O–H groups in total. The molecular formula is C57H51N4O2Pt-. The zero-order valence-electron chi connectivity index (χ0n) is 37.7. The van der Waals surface area contributed by atoms with Crippen LogP contribution in [0.1, 0.15) is 79.1 Å². The zero-order valence-corrected chi connectivity index (χ0v) is 40.0. The van der Waals surface area contributed by atoms with Gasteiger partial charge in [-0.15, -0.1) is 17.7 Å². The van der Waals surface area contributed by atoms with Gasteiger partial charge in [-0.3, -0.25) is 15.0 Å². The summed E-state index contributed by atoms with van der Waals surface area (Å²) in [5, 5.41) is 14.8. The molecule has 322 valence electrons. The zero-order chi connectivity index (χ0) is 44.0. The minimum atomic E-state index is -0.322. The van der Waals surface area contributed by atoms with Crippen LogP contribution < -0.4 is 0 Å². The van der Waals surface area contributed by atoms with Gasteiger partial charge in [0.1, 0.15) is 16.9 Å². The summed E-state index contributed by atoms with van der Waals surface area (Å²) in [5.41, 5.74) is 13.6. The Labute approximate surface area is 389 Å². The smallest absolute Gasteiger partial charge is 0.147 e. The van der Waals surface area contributed by atoms with Crippen LogP contribution in [0.5, 0.6) is 5.75 Å². The van der Waals surface area contributed by atoms with Crippen LogP contribution >= 0.6 is 0 Å². The molecule has 6 nitrogen and oxygen atoms in total. The topological polar surface area (TPSA) is 77.0 Å². The summed E-state index contributed by atoms with van der Waals surface area (Å²) in [6.07, 6.45) is 1.85. The van der Waals surface area contributed by atoms with Crippen LogP contribution in [0.2, 0.25) is 0 Å². The number of para-hydroxylation sites is 2. The number of hydrogen-bond donors (Lipinski definition) is 1. The number of fused-ring (bicyclic) bond motifs is 5. The second kappa shape index (κ2) is 15.7. The third-order valence-electron chi connectivity index (χ3n) is 12.3. The summed E-state index contributed by atoms with van der Waals surface area (Å²) in [6, 6.07) is 49.9. The number of phenols is 1. The molecule has 10 aromatic rings. The third-order valence-corrected chi connectivity index (χ3v) is 12.3. The van der Waals surface area contributed by atoms with Crippen LogP contribution in [-0.2, 0) is 37.3 Å². The molecule has 0 aliphatic rings. The van der Waals surface area contributed by atoms with E-state index in [2.05, 4.69) is 158 Å². The molecule has 0 radical (unpaired) electrons. The Kier molecular flexibility index (Phi) is 10.5. The molecule has 10 rings (SSSR count). The third kappa shape index (κ3) is 7.42. The summed E-state index contributed by atoms with van der Waals surface area (Å²) in [4.78, 5) is 16.0. The Bertz CT molecular complexity index is 3410. The van der Waals surface area contributed by atoms with Crippen LogP contribution in [-0.4, -0.2) is 24.6 Å². The quantitative estimate of drug-likeness (QED) is 0.174. The van der Waals surface area contributed by atoms with Crippen molar-refractivity contribution in [3.63, 3.8) is 0 Å². The molecule has 6 aromatic carbocycles. The fourth-order valence-corrected chi connectivity index (χ4v) is 8.73. The number of imidazole rings is 1. The van der Waals surface area contributed by atoms with Crippen LogP contribution in [0.4, 0.5) is 0 Å². The predicted molar refractivity (Wildman–Crippen MR) is 260 cm³/mol. The van der Waals surface area contributed by atoms with Gasteiger partial charge in [-0.25, -0.2) is 0 Å². The summed E-state index contributed by atoms with van der Waals surface area (Å²) in [7, 11) is 0. The monoisotopic (exact) mass is 1020 g/mol. The second-order valence-electron chi connectivity index (χ2n) is 19.9. The van der Waals surface area contributed by atoms with Crippen molar-refractivity contribution in [2.45, 2.75) is 78.6 Å². The molecule has 0 aliphatic carbocycles. The van der Waals surface area contributed by atoms with Crippen LogP contribution in [0.3, 0.4) is 0 Å². The van der Waals surface area contributed by atoms with E-state index in [9.17, 15) is 5.11 Å². The van der Waals surface area contributed by atoms with Gasteiger partial charge in [-0.1, -0.05) is 153 Å². The Morgan fingerprint density at radius 2 is 1.33 bits per heavy atom. The maximum Gasteiger partial charge on any atom is 0.147 e. The molecule has 0 atom stereocenters. The Balaban J connectivity index is 0.00000518. The maximum absolute atomic E-state index is 11.8. The van der Waals surface area contributed by atoms with Crippen molar-refractivity contribution in [2.24, 2.45) is 0 Å². The van der Waals surface area contributed by atoms with Gasteiger partial charge in [0, 0.05) is 66.1 Å². The summed E-state index contributed by atoms with van der Waals surface area (Å²) in [6.45, 7) is 20.1. The van der Waals surface area contributed by atoms with E-state index in [1.54, 1.807) is 6.07 Å². The van der Waals surface area contributed by atoms with Gasteiger partial charge < -0.3 is 14.1 Å². The van der Waals surface area contributed by atoms with Gasteiger partial charge in [0.15, 0.2) is 0 Å². The predicted octanol–water partition coefficient (Wildman–Crippen LogP) is 14.9. The number of nitrogens with zero attached hydrogens (tertiary/aromatic N) is 4. The first kappa shape index (κ1) is 42.9. The van der Waals surface area contributed by atoms with Crippen molar-refractivity contribution in [1.82, 2.24) is 19.5 Å². The van der Waals surface area contributed by atoms with Crippen molar-refractivity contribution in [3.8, 4) is 56.3 Å². The number of benzene rings is 6. The molecule has 4 heterocycles. The number of rotatable bonds is 5. The summed E-state index contributed by atoms with van der Waals surface area (Å²) < 4.78 is 8.84. The van der Waals surface area contributed by atoms with Crippen molar-refractivity contribution >= 4 is 43.9 Å². The van der Waals surface area contributed by atoms with E-state index >= 15 is 0 Å². The van der Waals surface area contributed by atoms with Gasteiger partial charge in [-0.2, -0.15) is 0 Å². The first-order chi connectivity index (χ1) is 30.0. The van der Waals surface area contributed by atoms with Gasteiger partial charge in [0.25, 0.3) is 0 Å². The molecule has 4 aromatic heterocycles. The van der Waals surface area contributed by atoms with Gasteiger partial charge in [-0.05, 0) is 86.5 Å². The van der Waals surface area contributed by atoms with Gasteiger partial charge >= 0.3 is 0 Å². The molecule has 64 heavy (non-hydrogen) atoms. The Morgan fingerprint density at radius 3 is 2.08 bits per heavy atom. The van der Waals surface area contributed by atoms with Crippen molar-refractivity contribution in [1.29, 1.82) is 0 Å². The normalized spacial score (nSPS) is 12.4. The molecule has 0 unspecified atom stereocenters. The SMILES string of the molecule is CC(C)(C)c1ccc(-n2c(-c3[c-]c(-c4cc(C(C)(C)C)cc5cccnc45)nc(C(C)(C)C)c3)nc3c(-c4c(O)ccc5c4oc4ccccc45)cccc32)c(-c2ccccc2)c1.[Pt]. The van der Waals surface area contributed by atoms with E-state index in [4.69, 9.17) is 19.4 Å². The van der Waals surface area contributed by atoms with Gasteiger partial charge in [0.2, 0.25) is 0 Å². The first-order valence-electron chi connectivity index (χ1n) is 21.7. The van der Waals surface area contributed by atoms with Crippen LogP contribution in [0.25, 0.3) is 94.5 Å². The number of furan rings is 1. The fraction of sp³-hybridized carbons (Fsp3) is 0.211. The van der Waals surface area contributed by atoms with Crippen molar-refractivity contribution in [2.75, 3.05) is 0 Å². The molecular weight excluding hydrogens is 968 g/mol. The molecule has 0 fully saturated rings. The van der Waals surface area contributed by atoms with Gasteiger partial charge in [0.05, 0.1) is 22.4 Å². The Morgan fingerprint density at radius 1 is 0.594 bits per heavy atom. The van der Waals surface area contributed by atoms with E-state index in [1.807, 2.05) is 48.7 Å². The van der Waals surface area contributed by atoms with Crippen LogP contribution in [0, 0.1) is 6.07 Å². The van der Waals surface area contributed by atoms with E-state index in [-0.39, 0.29) is 43.1 Å². The maximum atomic E-state index is 11.8. The van der Waals surface area contributed by atoms with Crippen LogP contribution in [0.15, 0.2) is 144 Å². The van der Waals surface area contributed by atoms with Crippen molar-refractivity contribution < 1.29 is 30.6 Å². The minimum absolute atomic E-state index is 0. The Hall–Kier alpha value is -6.36. The van der Waals surface area contributed by atoms with E-state index in [0.717, 1.165) is 77.5 Å². The molecule has 0 amide bonds. The largest absolute Gasteiger partial charge is 0.507 e. The van der Waals surface area contributed by atoms with E-state index in [0.29, 0.717) is 22.7 Å². The minimum Gasteiger partial charge on any atom is -0.507 e. The second-order valence-corrected chi connectivity index (χ2v) is 19.9. The average molecular weight is 1020 g/mol. The first-order valence-corrected chi connectivity index (χ1v) is 21.7. The molecule has 7 heteroatoms. The molecule has 0 aliphatic heterocycles. The summed E-state index contributed by atoms with van der Waals surface area (Å²) >= 11 is 0. The molecule has 0 saturated heterocycles. The number of aromatic hydroxyl groups is 1. The summed E-state index contributed by atoms with van der Waals surface area (Å²) in [5.74, 6) is 0.823. The number of pyridine rings is 2. The number of aromatic nitrogens is 4. The molecule has 0 bridgehead atoms. The fourth-order valence-electron chi connectivity index (χ4n) is 8.73. The van der Waals surface area contributed by atoms with Crippen molar-refractivity contribution in [3.05, 3.63) is 163 Å². The number of hydrogen-bond acceptors (Lipinski definition) is 5. The van der Waals surface area contributed by atoms with E-state index < -0.39 is 0 Å². The average Bonchev–Trinajstić information content (AvgIpc) is 3.84. The van der Waals surface area contributed by atoms with E-state index in [1.165, 1.54) is 11.1 Å². The molecule has 0 spiro atoms. The number of phenolic OH excluding ortho intramolecular Hbond substituents is 1. The standard InChI is InChI=1S/C57H51N4O2.Pt/c1-55(2,3)37-24-26-45(42(32-37)34-17-11-10-12-18-34)61-46-22-15-21-41(50-47(62)27-25-40-39-20-13-14-23-48(39)63-53(40)50)52(46)60-54(61)36-30-44(59-49(31-36)57(7,8)9)43-33-38(56(4,5)6)29-35-19-16-28-58-51(35)43;/h10-29,31-33,62H,1-9H3;/q-1;. The molecule has 0 saturated carbocycles.